The summed E-state index contributed by atoms with van der Waals surface area (Å²) in [7, 11) is 0. The molecule has 4 aromatic rings. The lowest BCUT2D eigenvalue weighted by Gasteiger charge is -2.31. The largest absolute Gasteiger partial charge is 0.479 e. The van der Waals surface area contributed by atoms with E-state index in [1.54, 1.807) is 31.5 Å². The molecule has 0 bridgehead atoms. The van der Waals surface area contributed by atoms with Crippen molar-refractivity contribution in [3.05, 3.63) is 60.7 Å². The molecule has 5 rings (SSSR count). The highest BCUT2D eigenvalue weighted by molar-refractivity contribution is 6.17. The zero-order chi connectivity index (χ0) is 21.7. The highest BCUT2D eigenvalue weighted by Crippen LogP contribution is 2.40. The zero-order valence-electron chi connectivity index (χ0n) is 17.2. The molecule has 1 atom stereocenters. The Morgan fingerprint density at radius 2 is 1.94 bits per heavy atom. The molecular formula is C23H19N5O3. The Morgan fingerprint density at radius 1 is 1.10 bits per heavy atom. The van der Waals surface area contributed by atoms with E-state index >= 15 is 0 Å². The summed E-state index contributed by atoms with van der Waals surface area (Å²) in [6.45, 7) is 4.93. The molecule has 31 heavy (non-hydrogen) atoms. The summed E-state index contributed by atoms with van der Waals surface area (Å²) >= 11 is 0. The van der Waals surface area contributed by atoms with Crippen LogP contribution in [0.4, 0.5) is 5.69 Å². The molecular weight excluding hydrogens is 394 g/mol. The summed E-state index contributed by atoms with van der Waals surface area (Å²) in [6.07, 6.45) is 4.59. The summed E-state index contributed by atoms with van der Waals surface area (Å²) < 4.78 is 7.62. The molecule has 0 saturated heterocycles. The van der Waals surface area contributed by atoms with Crippen LogP contribution >= 0.6 is 0 Å². The Bertz CT molecular complexity index is 1360. The number of ether oxygens (including phenoxy) is 1. The number of anilines is 1. The molecule has 0 N–H and O–H groups in total. The second kappa shape index (κ2) is 7.02. The molecule has 4 heterocycles. The Kier molecular flexibility index (Phi) is 4.28. The summed E-state index contributed by atoms with van der Waals surface area (Å²) in [6, 6.07) is 11.1. The summed E-state index contributed by atoms with van der Waals surface area (Å²) in [5.41, 5.74) is 4.50. The van der Waals surface area contributed by atoms with Crippen LogP contribution in [0.2, 0.25) is 0 Å². The monoisotopic (exact) mass is 413 g/mol. The number of aromatic nitrogens is 4. The minimum Gasteiger partial charge on any atom is -0.479 e. The third-order valence-electron chi connectivity index (χ3n) is 5.23. The number of rotatable bonds is 2. The van der Waals surface area contributed by atoms with Gasteiger partial charge >= 0.3 is 0 Å². The average Bonchev–Trinajstić information content (AvgIpc) is 3.14. The summed E-state index contributed by atoms with van der Waals surface area (Å²) in [5.74, 6) is 0.286. The van der Waals surface area contributed by atoms with Crippen LogP contribution in [0.15, 0.2) is 55.0 Å². The van der Waals surface area contributed by atoms with Crippen LogP contribution in [-0.2, 0) is 9.59 Å². The van der Waals surface area contributed by atoms with Crippen molar-refractivity contribution in [2.24, 2.45) is 0 Å². The third-order valence-corrected chi connectivity index (χ3v) is 5.23. The minimum absolute atomic E-state index is 0.358. The van der Waals surface area contributed by atoms with Crippen molar-refractivity contribution in [3.8, 4) is 28.3 Å². The van der Waals surface area contributed by atoms with Crippen LogP contribution in [0.3, 0.4) is 0 Å². The molecule has 3 aromatic heterocycles. The Morgan fingerprint density at radius 3 is 2.71 bits per heavy atom. The number of carbonyl (C=O) groups excluding carboxylic acids is 2. The topological polar surface area (TPSA) is 89.7 Å². The van der Waals surface area contributed by atoms with E-state index in [4.69, 9.17) is 9.72 Å². The van der Waals surface area contributed by atoms with Crippen molar-refractivity contribution in [1.29, 1.82) is 0 Å². The second-order valence-corrected chi connectivity index (χ2v) is 7.42. The molecule has 0 saturated carbocycles. The van der Waals surface area contributed by atoms with E-state index in [2.05, 4.69) is 9.97 Å². The number of carbonyl (C=O) groups is 2. The predicted molar refractivity (Wildman–Crippen MR) is 115 cm³/mol. The lowest BCUT2D eigenvalue weighted by Crippen LogP contribution is -2.46. The van der Waals surface area contributed by atoms with Crippen molar-refractivity contribution < 1.29 is 14.3 Å². The van der Waals surface area contributed by atoms with Crippen LogP contribution in [-0.4, -0.2) is 37.3 Å². The maximum absolute atomic E-state index is 12.6. The van der Waals surface area contributed by atoms with Gasteiger partial charge in [-0.1, -0.05) is 0 Å². The highest BCUT2D eigenvalue weighted by Gasteiger charge is 2.34. The lowest BCUT2D eigenvalue weighted by molar-refractivity contribution is -0.130. The normalized spacial score (nSPS) is 15.6. The molecule has 154 valence electrons. The van der Waals surface area contributed by atoms with Crippen LogP contribution in [0.1, 0.15) is 19.5 Å². The molecule has 8 nitrogen and oxygen atoms in total. The number of hydrogen-bond acceptors (Lipinski definition) is 6. The Labute approximate surface area is 178 Å². The van der Waals surface area contributed by atoms with Gasteiger partial charge in [0.05, 0.1) is 17.1 Å². The fourth-order valence-corrected chi connectivity index (χ4v) is 3.86. The number of aryl methyl sites for hydroxylation is 1. The fourth-order valence-electron chi connectivity index (χ4n) is 3.86. The first-order chi connectivity index (χ1) is 14.9. The van der Waals surface area contributed by atoms with Crippen LogP contribution in [0, 0.1) is 6.92 Å². The minimum atomic E-state index is -0.724. The SMILES string of the molecule is CC(=O)N1C(=O)C(C)Oc2ccc(-c3c(-c4ccnc(C)c4)nc4ncccn34)cc21. The van der Waals surface area contributed by atoms with Gasteiger partial charge in [-0.25, -0.2) is 14.9 Å². The number of amides is 2. The second-order valence-electron chi connectivity index (χ2n) is 7.42. The number of imidazole rings is 1. The Hall–Kier alpha value is -4.07. The first-order valence-electron chi connectivity index (χ1n) is 9.86. The average molecular weight is 413 g/mol. The van der Waals surface area contributed by atoms with Crippen LogP contribution in [0.25, 0.3) is 28.3 Å². The first-order valence-corrected chi connectivity index (χ1v) is 9.86. The standard InChI is InChI=1S/C23H19N5O3/c1-13-11-16(7-9-24-13)20-21(27-10-4-8-25-23(27)26-20)17-5-6-19-18(12-17)28(15(3)29)22(30)14(2)31-19/h4-12,14H,1-3H3. The maximum Gasteiger partial charge on any atom is 0.274 e. The smallest absolute Gasteiger partial charge is 0.274 e. The van der Waals surface area contributed by atoms with E-state index in [1.807, 2.05) is 41.8 Å². The van der Waals surface area contributed by atoms with Gasteiger partial charge in [0, 0.05) is 42.3 Å². The lowest BCUT2D eigenvalue weighted by atomic mass is 10.0. The van der Waals surface area contributed by atoms with Crippen molar-refractivity contribution in [3.63, 3.8) is 0 Å². The summed E-state index contributed by atoms with van der Waals surface area (Å²) in [4.78, 5) is 39.4. The van der Waals surface area contributed by atoms with Gasteiger partial charge < -0.3 is 4.74 Å². The first kappa shape index (κ1) is 18.9. The molecule has 2 amide bonds. The van der Waals surface area contributed by atoms with Crippen LogP contribution in [0.5, 0.6) is 5.75 Å². The molecule has 0 spiro atoms. The van der Waals surface area contributed by atoms with E-state index in [9.17, 15) is 9.59 Å². The van der Waals surface area contributed by atoms with Gasteiger partial charge in [0.2, 0.25) is 11.7 Å². The molecule has 0 aliphatic carbocycles. The maximum atomic E-state index is 12.6. The number of fused-ring (bicyclic) bond motifs is 2. The van der Waals surface area contributed by atoms with Crippen molar-refractivity contribution in [2.75, 3.05) is 4.90 Å². The van der Waals surface area contributed by atoms with Gasteiger partial charge in [-0.3, -0.25) is 19.0 Å². The number of pyridine rings is 1. The predicted octanol–water partition coefficient (Wildman–Crippen LogP) is 3.43. The molecule has 8 heteroatoms. The van der Waals surface area contributed by atoms with E-state index in [0.29, 0.717) is 17.2 Å². The Balaban J connectivity index is 1.77. The number of benzene rings is 1. The highest BCUT2D eigenvalue weighted by atomic mass is 16.5. The van der Waals surface area contributed by atoms with E-state index in [-0.39, 0.29) is 11.8 Å². The van der Waals surface area contributed by atoms with Gasteiger partial charge in [0.25, 0.3) is 5.91 Å². The van der Waals surface area contributed by atoms with Crippen molar-refractivity contribution in [2.45, 2.75) is 26.9 Å². The molecule has 1 aliphatic heterocycles. The molecule has 0 fully saturated rings. The van der Waals surface area contributed by atoms with E-state index in [0.717, 1.165) is 28.2 Å². The van der Waals surface area contributed by atoms with E-state index in [1.165, 1.54) is 11.8 Å². The molecule has 1 aliphatic rings. The van der Waals surface area contributed by atoms with Gasteiger partial charge in [0.15, 0.2) is 6.10 Å². The van der Waals surface area contributed by atoms with Crippen LogP contribution < -0.4 is 9.64 Å². The number of hydrogen-bond donors (Lipinski definition) is 0. The number of nitrogens with zero attached hydrogens (tertiary/aromatic N) is 5. The van der Waals surface area contributed by atoms with Crippen molar-refractivity contribution >= 4 is 23.3 Å². The molecule has 0 radical (unpaired) electrons. The van der Waals surface area contributed by atoms with Crippen molar-refractivity contribution in [1.82, 2.24) is 19.4 Å². The summed E-state index contributed by atoms with van der Waals surface area (Å²) in [5, 5.41) is 0. The zero-order valence-corrected chi connectivity index (χ0v) is 17.2. The fraction of sp³-hybridized carbons (Fsp3) is 0.174. The van der Waals surface area contributed by atoms with Gasteiger partial charge in [-0.2, -0.15) is 0 Å². The molecule has 1 aromatic carbocycles. The van der Waals surface area contributed by atoms with Gasteiger partial charge in [0.1, 0.15) is 5.75 Å². The van der Waals surface area contributed by atoms with E-state index < -0.39 is 6.10 Å². The quantitative estimate of drug-likeness (QED) is 0.500. The van der Waals surface area contributed by atoms with Gasteiger partial charge in [-0.05, 0) is 50.2 Å². The number of imide groups is 1. The molecule has 1 unspecified atom stereocenters. The third kappa shape index (κ3) is 3.04. The van der Waals surface area contributed by atoms with Gasteiger partial charge in [-0.15, -0.1) is 0 Å².